The standard InChI is InChI=1S/C7H14N4O2S/c1-2-4-11(10-9-8)6(3-5-14)7(12)13/h6,14H,2-5H2,1H3,(H,12,13)/t6-/m0/s1. The van der Waals surface area contributed by atoms with Gasteiger partial charge in [0.15, 0.2) is 6.04 Å². The van der Waals surface area contributed by atoms with Gasteiger partial charge in [-0.2, -0.15) is 17.5 Å². The van der Waals surface area contributed by atoms with Crippen LogP contribution < -0.4 is 0 Å². The van der Waals surface area contributed by atoms with E-state index in [1.54, 1.807) is 0 Å². The van der Waals surface area contributed by atoms with Crippen molar-refractivity contribution in [3.63, 3.8) is 0 Å². The van der Waals surface area contributed by atoms with Crippen molar-refractivity contribution in [2.24, 2.45) is 5.22 Å². The lowest BCUT2D eigenvalue weighted by molar-refractivity contribution is -0.143. The monoisotopic (exact) mass is 218 g/mol. The highest BCUT2D eigenvalue weighted by atomic mass is 32.1. The molecule has 0 aromatic carbocycles. The predicted octanol–water partition coefficient (Wildman–Crippen LogP) is 1.70. The largest absolute Gasteiger partial charge is 0.478 e. The van der Waals surface area contributed by atoms with Crippen molar-refractivity contribution in [3.8, 4) is 0 Å². The molecule has 7 heteroatoms. The van der Waals surface area contributed by atoms with Gasteiger partial charge in [0.2, 0.25) is 0 Å². The normalized spacial score (nSPS) is 11.6. The van der Waals surface area contributed by atoms with Crippen LogP contribution in [0.15, 0.2) is 5.22 Å². The summed E-state index contributed by atoms with van der Waals surface area (Å²) in [6.45, 7) is 2.33. The Morgan fingerprint density at radius 3 is 2.79 bits per heavy atom. The van der Waals surface area contributed by atoms with Crippen LogP contribution in [-0.4, -0.2) is 34.4 Å². The summed E-state index contributed by atoms with van der Waals surface area (Å²) in [5.74, 6) is -0.544. The Balaban J connectivity index is 4.53. The predicted molar refractivity (Wildman–Crippen MR) is 56.0 cm³/mol. The second kappa shape index (κ2) is 7.34. The number of hydrogen-bond donors (Lipinski definition) is 2. The van der Waals surface area contributed by atoms with Gasteiger partial charge in [-0.1, -0.05) is 6.92 Å². The molecule has 0 rings (SSSR count). The van der Waals surface area contributed by atoms with Gasteiger partial charge in [-0.25, -0.2) is 9.80 Å². The van der Waals surface area contributed by atoms with E-state index in [4.69, 9.17) is 10.6 Å². The first kappa shape index (κ1) is 12.9. The van der Waals surface area contributed by atoms with E-state index in [1.807, 2.05) is 6.92 Å². The van der Waals surface area contributed by atoms with Crippen LogP contribution in [0.3, 0.4) is 0 Å². The molecule has 0 aromatic heterocycles. The maximum atomic E-state index is 10.8. The number of nitrogens with zero attached hydrogens (tertiary/aromatic N) is 4. The van der Waals surface area contributed by atoms with Crippen LogP contribution in [0.1, 0.15) is 19.8 Å². The Bertz CT molecular complexity index is 220. The van der Waals surface area contributed by atoms with E-state index in [2.05, 4.69) is 22.8 Å². The molecule has 0 aromatic rings. The van der Waals surface area contributed by atoms with Gasteiger partial charge in [-0.3, -0.25) is 0 Å². The van der Waals surface area contributed by atoms with Gasteiger partial charge >= 0.3 is 5.97 Å². The van der Waals surface area contributed by atoms with Gasteiger partial charge in [0, 0.05) is 6.42 Å². The Morgan fingerprint density at radius 2 is 2.43 bits per heavy atom. The summed E-state index contributed by atoms with van der Waals surface area (Å²) >= 11 is 3.96. The van der Waals surface area contributed by atoms with Crippen LogP contribution >= 0.6 is 12.6 Å². The van der Waals surface area contributed by atoms with Crippen molar-refractivity contribution in [1.29, 1.82) is 0 Å². The summed E-state index contributed by atoms with van der Waals surface area (Å²) in [4.78, 5) is 13.4. The van der Waals surface area contributed by atoms with E-state index < -0.39 is 12.0 Å². The second-order valence-electron chi connectivity index (χ2n) is 2.71. The zero-order chi connectivity index (χ0) is 11.0. The molecule has 0 saturated carbocycles. The molecule has 0 aliphatic rings. The summed E-state index contributed by atoms with van der Waals surface area (Å²) < 4.78 is 0. The topological polar surface area (TPSA) is 89.3 Å². The van der Waals surface area contributed by atoms with E-state index in [0.29, 0.717) is 18.7 Å². The molecule has 0 saturated heterocycles. The SMILES string of the molecule is CCCN(N=[N+]=[N-])[C@@H](CCS)C(=O)O. The first-order chi connectivity index (χ1) is 6.67. The summed E-state index contributed by atoms with van der Waals surface area (Å²) in [5.41, 5.74) is 8.27. The fourth-order valence-electron chi connectivity index (χ4n) is 1.07. The van der Waals surface area contributed by atoms with Crippen LogP contribution in [0.4, 0.5) is 0 Å². The first-order valence-electron chi connectivity index (χ1n) is 4.32. The summed E-state index contributed by atoms with van der Waals surface area (Å²) in [7, 11) is 0. The van der Waals surface area contributed by atoms with E-state index in [-0.39, 0.29) is 0 Å². The van der Waals surface area contributed by atoms with Gasteiger partial charge in [0.25, 0.3) is 0 Å². The van der Waals surface area contributed by atoms with Crippen LogP contribution in [0, 0.1) is 0 Å². The molecule has 0 fully saturated rings. The Hall–Kier alpha value is -1.07. The molecule has 6 nitrogen and oxygen atoms in total. The molecule has 0 aliphatic carbocycles. The lowest BCUT2D eigenvalue weighted by Crippen LogP contribution is -2.38. The molecule has 1 atom stereocenters. The van der Waals surface area contributed by atoms with Crippen LogP contribution in [-0.2, 0) is 4.79 Å². The summed E-state index contributed by atoms with van der Waals surface area (Å²) in [6, 6.07) is -0.775. The number of thiol groups is 1. The van der Waals surface area contributed by atoms with Crippen molar-refractivity contribution in [2.45, 2.75) is 25.8 Å². The third kappa shape index (κ3) is 4.25. The van der Waals surface area contributed by atoms with Gasteiger partial charge in [0.1, 0.15) is 0 Å². The van der Waals surface area contributed by atoms with Crippen LogP contribution in [0.25, 0.3) is 10.4 Å². The average Bonchev–Trinajstić information content (AvgIpc) is 2.13. The summed E-state index contributed by atoms with van der Waals surface area (Å²) in [5, 5.41) is 13.5. The molecule has 0 heterocycles. The fraction of sp³-hybridized carbons (Fsp3) is 0.857. The van der Waals surface area contributed by atoms with Gasteiger partial charge in [-0.05, 0) is 17.4 Å². The van der Waals surface area contributed by atoms with Crippen LogP contribution in [0.2, 0.25) is 0 Å². The van der Waals surface area contributed by atoms with E-state index in [1.165, 1.54) is 5.01 Å². The number of azide groups is 1. The number of rotatable bonds is 7. The van der Waals surface area contributed by atoms with Crippen molar-refractivity contribution >= 4 is 18.6 Å². The minimum atomic E-state index is -0.986. The average molecular weight is 218 g/mol. The number of carboxylic acid groups (broad SMARTS) is 1. The van der Waals surface area contributed by atoms with Gasteiger partial charge in [-0.15, -0.1) is 5.53 Å². The molecular formula is C7H14N4O2S. The molecule has 0 radical (unpaired) electrons. The zero-order valence-corrected chi connectivity index (χ0v) is 8.89. The molecule has 0 unspecified atom stereocenters. The molecule has 1 N–H and O–H groups in total. The fourth-order valence-corrected chi connectivity index (χ4v) is 1.31. The lowest BCUT2D eigenvalue weighted by atomic mass is 10.2. The zero-order valence-electron chi connectivity index (χ0n) is 8.00. The minimum absolute atomic E-state index is 0.359. The number of aliphatic carboxylic acids is 1. The van der Waals surface area contributed by atoms with Crippen LogP contribution in [0.5, 0.6) is 0 Å². The van der Waals surface area contributed by atoms with Crippen molar-refractivity contribution in [3.05, 3.63) is 10.4 Å². The van der Waals surface area contributed by atoms with E-state index in [9.17, 15) is 4.79 Å². The molecule has 80 valence electrons. The van der Waals surface area contributed by atoms with E-state index in [0.717, 1.165) is 6.42 Å². The van der Waals surface area contributed by atoms with Crippen molar-refractivity contribution < 1.29 is 9.90 Å². The van der Waals surface area contributed by atoms with Gasteiger partial charge < -0.3 is 5.11 Å². The first-order valence-corrected chi connectivity index (χ1v) is 4.95. The highest BCUT2D eigenvalue weighted by Gasteiger charge is 2.26. The maximum Gasteiger partial charge on any atom is 0.349 e. The third-order valence-corrected chi connectivity index (χ3v) is 1.91. The second-order valence-corrected chi connectivity index (χ2v) is 3.16. The van der Waals surface area contributed by atoms with Crippen molar-refractivity contribution in [2.75, 3.05) is 12.3 Å². The number of carboxylic acids is 1. The van der Waals surface area contributed by atoms with Gasteiger partial charge in [0.05, 0.1) is 6.54 Å². The smallest absolute Gasteiger partial charge is 0.349 e. The highest BCUT2D eigenvalue weighted by Crippen LogP contribution is 2.08. The Labute approximate surface area is 87.9 Å². The highest BCUT2D eigenvalue weighted by molar-refractivity contribution is 7.80. The number of hydrogen-bond acceptors (Lipinski definition) is 3. The maximum absolute atomic E-state index is 10.8. The Kier molecular flexibility index (Phi) is 6.78. The molecule has 14 heavy (non-hydrogen) atoms. The molecular weight excluding hydrogens is 204 g/mol. The molecule has 0 bridgehead atoms. The van der Waals surface area contributed by atoms with Crippen molar-refractivity contribution in [1.82, 2.24) is 5.01 Å². The molecule has 0 amide bonds. The quantitative estimate of drug-likeness (QED) is 0.224. The molecule has 0 spiro atoms. The minimum Gasteiger partial charge on any atom is -0.478 e. The lowest BCUT2D eigenvalue weighted by Gasteiger charge is -2.19. The number of carbonyl (C=O) groups is 1. The summed E-state index contributed by atoms with van der Waals surface area (Å²) in [6.07, 6.45) is 1.09. The Morgan fingerprint density at radius 1 is 1.79 bits per heavy atom. The van der Waals surface area contributed by atoms with E-state index >= 15 is 0 Å². The molecule has 0 aliphatic heterocycles. The third-order valence-electron chi connectivity index (χ3n) is 1.65.